The highest BCUT2D eigenvalue weighted by Gasteiger charge is 2.07. The fourth-order valence-electron chi connectivity index (χ4n) is 1.14. The van der Waals surface area contributed by atoms with Gasteiger partial charge in [-0.05, 0) is 23.0 Å². The number of aromatic nitrogens is 2. The number of thiophene rings is 1. The molecule has 0 fully saturated rings. The van der Waals surface area contributed by atoms with Crippen molar-refractivity contribution >= 4 is 22.9 Å². The lowest BCUT2D eigenvalue weighted by Crippen LogP contribution is -2.04. The molecule has 2 heterocycles. The molecule has 0 saturated carbocycles. The summed E-state index contributed by atoms with van der Waals surface area (Å²) in [5.74, 6) is -0.702. The summed E-state index contributed by atoms with van der Waals surface area (Å²) in [7, 11) is 0. The van der Waals surface area contributed by atoms with E-state index in [2.05, 4.69) is 9.97 Å². The maximum Gasteiger partial charge on any atom is 0.254 e. The van der Waals surface area contributed by atoms with Crippen LogP contribution in [0, 0.1) is 5.82 Å². The van der Waals surface area contributed by atoms with Gasteiger partial charge in [0.25, 0.3) is 5.88 Å². The Labute approximate surface area is 101 Å². The Morgan fingerprint density at radius 1 is 1.50 bits per heavy atom. The molecular weight excluding hydrogens is 251 g/mol. The van der Waals surface area contributed by atoms with Gasteiger partial charge in [0.15, 0.2) is 0 Å². The molecule has 6 heteroatoms. The minimum absolute atomic E-state index is 0.0208. The van der Waals surface area contributed by atoms with E-state index < -0.39 is 5.82 Å². The van der Waals surface area contributed by atoms with Crippen molar-refractivity contribution in [3.63, 3.8) is 0 Å². The molecule has 0 atom stereocenters. The minimum Gasteiger partial charge on any atom is -0.475 e. The van der Waals surface area contributed by atoms with Crippen molar-refractivity contribution in [2.75, 3.05) is 6.61 Å². The Morgan fingerprint density at radius 3 is 3.12 bits per heavy atom. The number of nitrogens with zero attached hydrogens (tertiary/aromatic N) is 2. The van der Waals surface area contributed by atoms with Gasteiger partial charge in [0, 0.05) is 11.3 Å². The molecule has 0 radical (unpaired) electrons. The second kappa shape index (κ2) is 5.23. The number of hydrogen-bond donors (Lipinski definition) is 0. The number of halogens is 2. The van der Waals surface area contributed by atoms with Crippen LogP contribution in [0.25, 0.3) is 0 Å². The average molecular weight is 259 g/mol. The first-order valence-electron chi connectivity index (χ1n) is 4.59. The van der Waals surface area contributed by atoms with E-state index in [1.807, 2.05) is 17.5 Å². The molecule has 2 aromatic rings. The second-order valence-electron chi connectivity index (χ2n) is 2.97. The standard InChI is InChI=1S/C10H8ClFN2OS/c11-10-13-6-8(12)9(14-10)15-4-3-7-2-1-5-16-7/h1-2,5-6H,3-4H2. The van der Waals surface area contributed by atoms with Crippen molar-refractivity contribution < 1.29 is 9.13 Å². The van der Waals surface area contributed by atoms with Gasteiger partial charge < -0.3 is 4.74 Å². The predicted molar refractivity (Wildman–Crippen MR) is 60.5 cm³/mol. The molecule has 2 aromatic heterocycles. The first-order valence-corrected chi connectivity index (χ1v) is 5.84. The van der Waals surface area contributed by atoms with E-state index in [0.717, 1.165) is 12.6 Å². The monoisotopic (exact) mass is 258 g/mol. The van der Waals surface area contributed by atoms with Crippen LogP contribution in [0.1, 0.15) is 4.88 Å². The lowest BCUT2D eigenvalue weighted by molar-refractivity contribution is 0.292. The van der Waals surface area contributed by atoms with Gasteiger partial charge in [-0.2, -0.15) is 9.37 Å². The van der Waals surface area contributed by atoms with E-state index in [4.69, 9.17) is 16.3 Å². The Hall–Kier alpha value is -1.20. The number of ether oxygens (including phenoxy) is 1. The van der Waals surface area contributed by atoms with E-state index in [1.165, 1.54) is 4.88 Å². The molecule has 0 unspecified atom stereocenters. The molecule has 0 aliphatic carbocycles. The summed E-state index contributed by atoms with van der Waals surface area (Å²) in [6.07, 6.45) is 1.72. The largest absolute Gasteiger partial charge is 0.475 e. The second-order valence-corrected chi connectivity index (χ2v) is 4.34. The van der Waals surface area contributed by atoms with Crippen LogP contribution in [0.4, 0.5) is 4.39 Å². The Bertz CT molecular complexity index is 464. The number of hydrogen-bond acceptors (Lipinski definition) is 4. The lowest BCUT2D eigenvalue weighted by atomic mass is 10.4. The van der Waals surface area contributed by atoms with Crippen molar-refractivity contribution in [1.82, 2.24) is 9.97 Å². The quantitative estimate of drug-likeness (QED) is 0.791. The minimum atomic E-state index is -0.601. The highest BCUT2D eigenvalue weighted by molar-refractivity contribution is 7.09. The topological polar surface area (TPSA) is 35.0 Å². The van der Waals surface area contributed by atoms with Crippen LogP contribution in [0.2, 0.25) is 5.28 Å². The maximum atomic E-state index is 13.1. The summed E-state index contributed by atoms with van der Waals surface area (Å²) >= 11 is 7.16. The zero-order chi connectivity index (χ0) is 11.4. The third kappa shape index (κ3) is 2.90. The zero-order valence-electron chi connectivity index (χ0n) is 8.19. The summed E-state index contributed by atoms with van der Waals surface area (Å²) in [5.41, 5.74) is 0. The van der Waals surface area contributed by atoms with E-state index in [-0.39, 0.29) is 11.2 Å². The molecule has 0 aliphatic heterocycles. The average Bonchev–Trinajstić information content (AvgIpc) is 2.76. The Kier molecular flexibility index (Phi) is 3.69. The first-order chi connectivity index (χ1) is 7.75. The van der Waals surface area contributed by atoms with Gasteiger partial charge in [0.1, 0.15) is 0 Å². The zero-order valence-corrected chi connectivity index (χ0v) is 9.76. The normalized spacial score (nSPS) is 10.4. The predicted octanol–water partition coefficient (Wildman–Crippen LogP) is 2.95. The van der Waals surface area contributed by atoms with Crippen molar-refractivity contribution in [3.05, 3.63) is 39.7 Å². The van der Waals surface area contributed by atoms with E-state index >= 15 is 0 Å². The molecule has 0 aliphatic rings. The number of rotatable bonds is 4. The molecular formula is C10H8ClFN2OS. The van der Waals surface area contributed by atoms with Crippen LogP contribution in [0.3, 0.4) is 0 Å². The Morgan fingerprint density at radius 2 is 2.38 bits per heavy atom. The summed E-state index contributed by atoms with van der Waals surface area (Å²) in [5, 5.41) is 1.96. The van der Waals surface area contributed by atoms with Crippen LogP contribution >= 0.6 is 22.9 Å². The van der Waals surface area contributed by atoms with Crippen molar-refractivity contribution in [3.8, 4) is 5.88 Å². The SMILES string of the molecule is Fc1cnc(Cl)nc1OCCc1cccs1. The maximum absolute atomic E-state index is 13.1. The van der Waals surface area contributed by atoms with Gasteiger partial charge in [-0.3, -0.25) is 0 Å². The molecule has 0 aromatic carbocycles. The van der Waals surface area contributed by atoms with E-state index in [1.54, 1.807) is 11.3 Å². The van der Waals surface area contributed by atoms with Gasteiger partial charge in [-0.15, -0.1) is 11.3 Å². The summed E-state index contributed by atoms with van der Waals surface area (Å²) in [6, 6.07) is 3.96. The van der Waals surface area contributed by atoms with Crippen LogP contribution < -0.4 is 4.74 Å². The molecule has 3 nitrogen and oxygen atoms in total. The molecule has 0 amide bonds. The Balaban J connectivity index is 1.92. The third-order valence-corrected chi connectivity index (χ3v) is 2.97. The van der Waals surface area contributed by atoms with Crippen LogP contribution in [0.5, 0.6) is 5.88 Å². The lowest BCUT2D eigenvalue weighted by Gasteiger charge is -2.04. The van der Waals surface area contributed by atoms with Gasteiger partial charge in [0.2, 0.25) is 11.1 Å². The van der Waals surface area contributed by atoms with E-state index in [9.17, 15) is 4.39 Å². The molecule has 0 spiro atoms. The molecule has 0 saturated heterocycles. The van der Waals surface area contributed by atoms with Gasteiger partial charge >= 0.3 is 0 Å². The highest BCUT2D eigenvalue weighted by Crippen LogP contribution is 2.15. The van der Waals surface area contributed by atoms with E-state index in [0.29, 0.717) is 6.61 Å². The smallest absolute Gasteiger partial charge is 0.254 e. The van der Waals surface area contributed by atoms with Crippen LogP contribution in [-0.4, -0.2) is 16.6 Å². The van der Waals surface area contributed by atoms with Crippen LogP contribution in [-0.2, 0) is 6.42 Å². The summed E-state index contributed by atoms with van der Waals surface area (Å²) < 4.78 is 18.3. The van der Waals surface area contributed by atoms with Crippen molar-refractivity contribution in [2.24, 2.45) is 0 Å². The fourth-order valence-corrected chi connectivity index (χ4v) is 1.95. The third-order valence-electron chi connectivity index (χ3n) is 1.85. The molecule has 2 rings (SSSR count). The molecule has 0 bridgehead atoms. The van der Waals surface area contributed by atoms with Crippen molar-refractivity contribution in [1.29, 1.82) is 0 Å². The molecule has 16 heavy (non-hydrogen) atoms. The highest BCUT2D eigenvalue weighted by atomic mass is 35.5. The first kappa shape index (κ1) is 11.3. The summed E-state index contributed by atoms with van der Waals surface area (Å²) in [6.45, 7) is 0.366. The van der Waals surface area contributed by atoms with Crippen molar-refractivity contribution in [2.45, 2.75) is 6.42 Å². The van der Waals surface area contributed by atoms with Gasteiger partial charge in [-0.1, -0.05) is 6.07 Å². The van der Waals surface area contributed by atoms with Gasteiger partial charge in [-0.25, -0.2) is 4.98 Å². The van der Waals surface area contributed by atoms with Crippen LogP contribution in [0.15, 0.2) is 23.7 Å². The van der Waals surface area contributed by atoms with Gasteiger partial charge in [0.05, 0.1) is 12.8 Å². The molecule has 0 N–H and O–H groups in total. The molecule has 84 valence electrons. The summed E-state index contributed by atoms with van der Waals surface area (Å²) in [4.78, 5) is 8.33. The fraction of sp³-hybridized carbons (Fsp3) is 0.200.